The van der Waals surface area contributed by atoms with E-state index in [9.17, 15) is 4.79 Å². The second-order valence-electron chi connectivity index (χ2n) is 5.17. The number of hydrogen-bond donors (Lipinski definition) is 2. The second kappa shape index (κ2) is 6.45. The lowest BCUT2D eigenvalue weighted by Gasteiger charge is -2.11. The van der Waals surface area contributed by atoms with Crippen LogP contribution in [0.25, 0.3) is 0 Å². The van der Waals surface area contributed by atoms with Crippen molar-refractivity contribution < 1.29 is 4.79 Å². The van der Waals surface area contributed by atoms with E-state index in [1.807, 2.05) is 24.3 Å². The molecule has 2 aromatic heterocycles. The molecule has 1 aliphatic heterocycles. The number of hydrogen-bond acceptors (Lipinski definition) is 4. The van der Waals surface area contributed by atoms with E-state index < -0.39 is 0 Å². The van der Waals surface area contributed by atoms with Gasteiger partial charge in [0.05, 0.1) is 0 Å². The van der Waals surface area contributed by atoms with E-state index in [-0.39, 0.29) is 5.91 Å². The summed E-state index contributed by atoms with van der Waals surface area (Å²) in [5.74, 6) is -0.154. The van der Waals surface area contributed by atoms with Crippen LogP contribution in [0, 0.1) is 0 Å². The van der Waals surface area contributed by atoms with Crippen molar-refractivity contribution in [2.45, 2.75) is 25.4 Å². The molecule has 0 aliphatic carbocycles. The van der Waals surface area contributed by atoms with Crippen molar-refractivity contribution in [1.82, 2.24) is 20.6 Å². The minimum absolute atomic E-state index is 0.154. The summed E-state index contributed by atoms with van der Waals surface area (Å²) in [6, 6.07) is 7.98. The fraction of sp³-hybridized carbons (Fsp3) is 0.312. The van der Waals surface area contributed by atoms with Gasteiger partial charge < -0.3 is 10.6 Å². The quantitative estimate of drug-likeness (QED) is 0.898. The summed E-state index contributed by atoms with van der Waals surface area (Å²) >= 11 is 0. The number of nitrogens with zero attached hydrogens (tertiary/aromatic N) is 2. The van der Waals surface area contributed by atoms with E-state index in [2.05, 4.69) is 20.6 Å². The highest BCUT2D eigenvalue weighted by Gasteiger charge is 2.17. The molecule has 5 nitrogen and oxygen atoms in total. The summed E-state index contributed by atoms with van der Waals surface area (Å²) in [4.78, 5) is 20.4. The van der Waals surface area contributed by atoms with Crippen LogP contribution in [-0.4, -0.2) is 22.4 Å². The average Bonchev–Trinajstić information content (AvgIpc) is 3.08. The van der Waals surface area contributed by atoms with Gasteiger partial charge in [0.1, 0.15) is 5.69 Å². The third-order valence-corrected chi connectivity index (χ3v) is 3.66. The highest BCUT2D eigenvalue weighted by Crippen LogP contribution is 2.22. The molecular weight excluding hydrogens is 264 g/mol. The van der Waals surface area contributed by atoms with Gasteiger partial charge in [0.25, 0.3) is 5.91 Å². The number of rotatable bonds is 4. The summed E-state index contributed by atoms with van der Waals surface area (Å²) < 4.78 is 0. The van der Waals surface area contributed by atoms with Crippen LogP contribution in [0.15, 0.2) is 42.9 Å². The predicted molar refractivity (Wildman–Crippen MR) is 79.6 cm³/mol. The Kier molecular flexibility index (Phi) is 4.21. The van der Waals surface area contributed by atoms with Crippen molar-refractivity contribution in [3.05, 3.63) is 59.7 Å². The first-order valence-electron chi connectivity index (χ1n) is 7.19. The van der Waals surface area contributed by atoms with E-state index >= 15 is 0 Å². The molecule has 0 spiro atoms. The van der Waals surface area contributed by atoms with Crippen LogP contribution in [0.5, 0.6) is 0 Å². The van der Waals surface area contributed by atoms with E-state index in [0.29, 0.717) is 18.3 Å². The van der Waals surface area contributed by atoms with Gasteiger partial charge in [0, 0.05) is 31.2 Å². The van der Waals surface area contributed by atoms with Gasteiger partial charge in [-0.15, -0.1) is 0 Å². The zero-order valence-corrected chi connectivity index (χ0v) is 11.7. The maximum Gasteiger partial charge on any atom is 0.270 e. The SMILES string of the molecule is O=C(NCc1cccnc1)c1cc(C2CCCN2)ccn1. The zero-order valence-electron chi connectivity index (χ0n) is 11.7. The molecule has 0 radical (unpaired) electrons. The standard InChI is InChI=1S/C16H18N4O/c21-16(20-11-12-3-1-6-17-10-12)15-9-13(5-8-19-15)14-4-2-7-18-14/h1,3,5-6,8-10,14,18H,2,4,7,11H2,(H,20,21). The van der Waals surface area contributed by atoms with Crippen molar-refractivity contribution in [1.29, 1.82) is 0 Å². The Balaban J connectivity index is 1.65. The molecular formula is C16H18N4O. The maximum absolute atomic E-state index is 12.2. The predicted octanol–water partition coefficient (Wildman–Crippen LogP) is 1.83. The van der Waals surface area contributed by atoms with Crippen LogP contribution in [0.1, 0.15) is 40.5 Å². The summed E-state index contributed by atoms with van der Waals surface area (Å²) in [7, 11) is 0. The van der Waals surface area contributed by atoms with E-state index in [1.165, 1.54) is 6.42 Å². The van der Waals surface area contributed by atoms with Gasteiger partial charge in [0.15, 0.2) is 0 Å². The minimum atomic E-state index is -0.154. The molecule has 3 rings (SSSR count). The number of carbonyl (C=O) groups is 1. The minimum Gasteiger partial charge on any atom is -0.347 e. The third-order valence-electron chi connectivity index (χ3n) is 3.66. The number of carbonyl (C=O) groups excluding carboxylic acids is 1. The summed E-state index contributed by atoms with van der Waals surface area (Å²) in [5, 5.41) is 6.30. The highest BCUT2D eigenvalue weighted by molar-refractivity contribution is 5.92. The van der Waals surface area contributed by atoms with E-state index in [4.69, 9.17) is 0 Å². The van der Waals surface area contributed by atoms with Gasteiger partial charge in [-0.3, -0.25) is 14.8 Å². The monoisotopic (exact) mass is 282 g/mol. The summed E-state index contributed by atoms with van der Waals surface area (Å²) in [6.07, 6.45) is 7.45. The Morgan fingerprint density at radius 1 is 1.38 bits per heavy atom. The molecule has 1 aliphatic rings. The third kappa shape index (κ3) is 3.44. The largest absolute Gasteiger partial charge is 0.347 e. The molecule has 2 aromatic rings. The number of aromatic nitrogens is 2. The van der Waals surface area contributed by atoms with Gasteiger partial charge in [-0.05, 0) is 48.7 Å². The Morgan fingerprint density at radius 2 is 2.33 bits per heavy atom. The molecule has 5 heteroatoms. The van der Waals surface area contributed by atoms with Gasteiger partial charge in [-0.1, -0.05) is 6.07 Å². The fourth-order valence-corrected chi connectivity index (χ4v) is 2.53. The zero-order chi connectivity index (χ0) is 14.5. The topological polar surface area (TPSA) is 66.9 Å². The molecule has 1 amide bonds. The number of nitrogens with one attached hydrogen (secondary N) is 2. The molecule has 0 bridgehead atoms. The van der Waals surface area contributed by atoms with Crippen LogP contribution in [0.4, 0.5) is 0 Å². The highest BCUT2D eigenvalue weighted by atomic mass is 16.1. The Bertz CT molecular complexity index is 609. The van der Waals surface area contributed by atoms with Gasteiger partial charge in [-0.25, -0.2) is 0 Å². The first-order chi connectivity index (χ1) is 10.3. The Morgan fingerprint density at radius 3 is 3.10 bits per heavy atom. The van der Waals surface area contributed by atoms with Crippen molar-refractivity contribution in [2.75, 3.05) is 6.54 Å². The first kappa shape index (κ1) is 13.7. The van der Waals surface area contributed by atoms with Crippen molar-refractivity contribution in [2.24, 2.45) is 0 Å². The molecule has 2 N–H and O–H groups in total. The second-order valence-corrected chi connectivity index (χ2v) is 5.17. The fourth-order valence-electron chi connectivity index (χ4n) is 2.53. The molecule has 1 fully saturated rings. The molecule has 108 valence electrons. The number of amides is 1. The number of pyridine rings is 2. The summed E-state index contributed by atoms with van der Waals surface area (Å²) in [5.41, 5.74) is 2.57. The molecule has 1 unspecified atom stereocenters. The van der Waals surface area contributed by atoms with Crippen molar-refractivity contribution >= 4 is 5.91 Å². The van der Waals surface area contributed by atoms with Crippen molar-refractivity contribution in [3.63, 3.8) is 0 Å². The van der Waals surface area contributed by atoms with Gasteiger partial charge in [-0.2, -0.15) is 0 Å². The van der Waals surface area contributed by atoms with Crippen LogP contribution >= 0.6 is 0 Å². The average molecular weight is 282 g/mol. The lowest BCUT2D eigenvalue weighted by Crippen LogP contribution is -2.24. The molecule has 0 saturated carbocycles. The van der Waals surface area contributed by atoms with Gasteiger partial charge in [0.2, 0.25) is 0 Å². The van der Waals surface area contributed by atoms with E-state index in [0.717, 1.165) is 24.1 Å². The molecule has 0 aromatic carbocycles. The van der Waals surface area contributed by atoms with Crippen molar-refractivity contribution in [3.8, 4) is 0 Å². The first-order valence-corrected chi connectivity index (χ1v) is 7.19. The summed E-state index contributed by atoms with van der Waals surface area (Å²) in [6.45, 7) is 1.50. The molecule has 21 heavy (non-hydrogen) atoms. The molecule has 1 saturated heterocycles. The molecule has 1 atom stereocenters. The van der Waals surface area contributed by atoms with Crippen LogP contribution < -0.4 is 10.6 Å². The molecule has 3 heterocycles. The lowest BCUT2D eigenvalue weighted by atomic mass is 10.1. The Hall–Kier alpha value is -2.27. The van der Waals surface area contributed by atoms with Gasteiger partial charge >= 0.3 is 0 Å². The van der Waals surface area contributed by atoms with Crippen LogP contribution in [0.3, 0.4) is 0 Å². The van der Waals surface area contributed by atoms with Crippen LogP contribution in [-0.2, 0) is 6.54 Å². The van der Waals surface area contributed by atoms with E-state index in [1.54, 1.807) is 18.6 Å². The maximum atomic E-state index is 12.2. The smallest absolute Gasteiger partial charge is 0.270 e. The Labute approximate surface area is 123 Å². The normalized spacial score (nSPS) is 17.6. The van der Waals surface area contributed by atoms with Crippen LogP contribution in [0.2, 0.25) is 0 Å². The lowest BCUT2D eigenvalue weighted by molar-refractivity contribution is 0.0945.